The first kappa shape index (κ1) is 12.7. The molecule has 1 aromatic carbocycles. The van der Waals surface area contributed by atoms with E-state index in [1.54, 1.807) is 17.4 Å². The molecule has 20 heavy (non-hydrogen) atoms. The van der Waals surface area contributed by atoms with Crippen LogP contribution in [0.2, 0.25) is 0 Å². The number of anilines is 1. The van der Waals surface area contributed by atoms with Crippen molar-refractivity contribution in [1.82, 2.24) is 4.98 Å². The quantitative estimate of drug-likeness (QED) is 0.768. The lowest BCUT2D eigenvalue weighted by molar-refractivity contribution is 0.0660. The lowest BCUT2D eigenvalue weighted by atomic mass is 10.3. The monoisotopic (exact) mass is 288 g/mol. The van der Waals surface area contributed by atoms with Crippen LogP contribution in [0.3, 0.4) is 0 Å². The van der Waals surface area contributed by atoms with Crippen molar-refractivity contribution >= 4 is 33.2 Å². The third-order valence-electron chi connectivity index (χ3n) is 2.83. The molecule has 5 nitrogen and oxygen atoms in total. The maximum atomic E-state index is 10.7. The fraction of sp³-hybridized carbons (Fsp3) is 0.143. The summed E-state index contributed by atoms with van der Waals surface area (Å²) in [5, 5.41) is 13.0. The van der Waals surface area contributed by atoms with Crippen LogP contribution < -0.4 is 5.32 Å². The summed E-state index contributed by atoms with van der Waals surface area (Å²) in [6.07, 6.45) is 0. The van der Waals surface area contributed by atoms with Gasteiger partial charge in [-0.15, -0.1) is 11.3 Å². The second kappa shape index (κ2) is 4.97. The Morgan fingerprint density at radius 1 is 1.40 bits per heavy atom. The Hall–Kier alpha value is -2.34. The minimum Gasteiger partial charge on any atom is -0.475 e. The SMILES string of the molecule is Cc1nc2ccc(NCc3ccc(C(=O)O)o3)cc2s1. The van der Waals surface area contributed by atoms with Crippen molar-refractivity contribution in [1.29, 1.82) is 0 Å². The molecular weight excluding hydrogens is 276 g/mol. The average molecular weight is 288 g/mol. The summed E-state index contributed by atoms with van der Waals surface area (Å²) >= 11 is 1.64. The number of nitrogens with zero attached hydrogens (tertiary/aromatic N) is 1. The van der Waals surface area contributed by atoms with E-state index in [0.717, 1.165) is 20.9 Å². The molecule has 102 valence electrons. The van der Waals surface area contributed by atoms with Gasteiger partial charge in [0.2, 0.25) is 5.76 Å². The molecule has 3 aromatic rings. The molecule has 6 heteroatoms. The average Bonchev–Trinajstić information content (AvgIpc) is 3.00. The highest BCUT2D eigenvalue weighted by Crippen LogP contribution is 2.25. The molecule has 0 unspecified atom stereocenters. The Kier molecular flexibility index (Phi) is 3.15. The van der Waals surface area contributed by atoms with Crippen molar-refractivity contribution in [2.75, 3.05) is 5.32 Å². The molecule has 0 spiro atoms. The number of thiazole rings is 1. The van der Waals surface area contributed by atoms with Gasteiger partial charge in [-0.25, -0.2) is 9.78 Å². The number of furan rings is 1. The van der Waals surface area contributed by atoms with Crippen molar-refractivity contribution in [3.8, 4) is 0 Å². The van der Waals surface area contributed by atoms with E-state index in [1.807, 2.05) is 25.1 Å². The molecule has 0 fully saturated rings. The van der Waals surface area contributed by atoms with Gasteiger partial charge in [0.15, 0.2) is 0 Å². The Morgan fingerprint density at radius 2 is 2.25 bits per heavy atom. The maximum Gasteiger partial charge on any atom is 0.371 e. The van der Waals surface area contributed by atoms with Gasteiger partial charge in [-0.05, 0) is 37.3 Å². The molecule has 0 aliphatic carbocycles. The molecular formula is C14H12N2O3S. The molecule has 2 heterocycles. The van der Waals surface area contributed by atoms with E-state index in [4.69, 9.17) is 9.52 Å². The Balaban J connectivity index is 1.73. The van der Waals surface area contributed by atoms with Gasteiger partial charge in [0.25, 0.3) is 0 Å². The number of carbonyl (C=O) groups is 1. The summed E-state index contributed by atoms with van der Waals surface area (Å²) < 4.78 is 6.31. The van der Waals surface area contributed by atoms with Gasteiger partial charge in [-0.2, -0.15) is 0 Å². The second-order valence-corrected chi connectivity index (χ2v) is 5.57. The highest BCUT2D eigenvalue weighted by Gasteiger charge is 2.08. The molecule has 3 rings (SSSR count). The first-order valence-electron chi connectivity index (χ1n) is 6.05. The third-order valence-corrected chi connectivity index (χ3v) is 3.77. The summed E-state index contributed by atoms with van der Waals surface area (Å²) in [6, 6.07) is 9.05. The lowest BCUT2D eigenvalue weighted by Gasteiger charge is -2.03. The van der Waals surface area contributed by atoms with Crippen LogP contribution in [0.15, 0.2) is 34.7 Å². The number of carboxylic acids is 1. The van der Waals surface area contributed by atoms with E-state index < -0.39 is 5.97 Å². The Labute approximate surface area is 118 Å². The van der Waals surface area contributed by atoms with Crippen LogP contribution in [-0.4, -0.2) is 16.1 Å². The number of aromatic carboxylic acids is 1. The van der Waals surface area contributed by atoms with Crippen LogP contribution in [0.4, 0.5) is 5.69 Å². The molecule has 0 radical (unpaired) electrons. The predicted octanol–water partition coefficient (Wildman–Crippen LogP) is 3.51. The molecule has 0 atom stereocenters. The zero-order valence-corrected chi connectivity index (χ0v) is 11.5. The van der Waals surface area contributed by atoms with Gasteiger partial charge < -0.3 is 14.8 Å². The molecule has 2 N–H and O–H groups in total. The van der Waals surface area contributed by atoms with E-state index >= 15 is 0 Å². The first-order chi connectivity index (χ1) is 9.61. The van der Waals surface area contributed by atoms with Crippen molar-refractivity contribution < 1.29 is 14.3 Å². The largest absolute Gasteiger partial charge is 0.475 e. The standard InChI is InChI=1S/C14H12N2O3S/c1-8-16-11-4-2-9(6-13(11)20-8)15-7-10-3-5-12(19-10)14(17)18/h2-6,15H,7H2,1H3,(H,17,18). The van der Waals surface area contributed by atoms with Gasteiger partial charge >= 0.3 is 5.97 Å². The number of benzene rings is 1. The molecule has 0 aliphatic rings. The number of hydrogen-bond acceptors (Lipinski definition) is 5. The van der Waals surface area contributed by atoms with E-state index in [0.29, 0.717) is 12.3 Å². The highest BCUT2D eigenvalue weighted by molar-refractivity contribution is 7.18. The number of nitrogens with one attached hydrogen (secondary N) is 1. The number of aryl methyl sites for hydroxylation is 1. The zero-order chi connectivity index (χ0) is 14.1. The number of fused-ring (bicyclic) bond motifs is 1. The first-order valence-corrected chi connectivity index (χ1v) is 6.86. The molecule has 0 saturated carbocycles. The van der Waals surface area contributed by atoms with Gasteiger partial charge in [0.1, 0.15) is 5.76 Å². The molecule has 2 aromatic heterocycles. The van der Waals surface area contributed by atoms with Crippen LogP contribution in [0.5, 0.6) is 0 Å². The predicted molar refractivity (Wildman–Crippen MR) is 77.4 cm³/mol. The van der Waals surface area contributed by atoms with Crippen molar-refractivity contribution in [3.05, 3.63) is 46.9 Å². The summed E-state index contributed by atoms with van der Waals surface area (Å²) in [5.74, 6) is -0.517. The lowest BCUT2D eigenvalue weighted by Crippen LogP contribution is -1.98. The van der Waals surface area contributed by atoms with Gasteiger partial charge in [0, 0.05) is 5.69 Å². The van der Waals surface area contributed by atoms with Crippen LogP contribution >= 0.6 is 11.3 Å². The van der Waals surface area contributed by atoms with Crippen molar-refractivity contribution in [2.24, 2.45) is 0 Å². The van der Waals surface area contributed by atoms with Gasteiger partial charge in [-0.1, -0.05) is 0 Å². The zero-order valence-electron chi connectivity index (χ0n) is 10.7. The van der Waals surface area contributed by atoms with E-state index in [-0.39, 0.29) is 5.76 Å². The number of aromatic nitrogens is 1. The summed E-state index contributed by atoms with van der Waals surface area (Å²) in [5.41, 5.74) is 1.94. The van der Waals surface area contributed by atoms with Crippen molar-refractivity contribution in [3.63, 3.8) is 0 Å². The summed E-state index contributed by atoms with van der Waals surface area (Å²) in [7, 11) is 0. The van der Waals surface area contributed by atoms with E-state index in [2.05, 4.69) is 10.3 Å². The number of hydrogen-bond donors (Lipinski definition) is 2. The van der Waals surface area contributed by atoms with Crippen LogP contribution in [-0.2, 0) is 6.54 Å². The van der Waals surface area contributed by atoms with Crippen LogP contribution in [0.25, 0.3) is 10.2 Å². The van der Waals surface area contributed by atoms with Crippen LogP contribution in [0.1, 0.15) is 21.3 Å². The van der Waals surface area contributed by atoms with Crippen LogP contribution in [0, 0.1) is 6.92 Å². The second-order valence-electron chi connectivity index (χ2n) is 4.34. The topological polar surface area (TPSA) is 75.4 Å². The summed E-state index contributed by atoms with van der Waals surface area (Å²) in [4.78, 5) is 15.1. The Morgan fingerprint density at radius 3 is 3.00 bits per heavy atom. The van der Waals surface area contributed by atoms with E-state index in [9.17, 15) is 4.79 Å². The fourth-order valence-electron chi connectivity index (χ4n) is 1.93. The third kappa shape index (κ3) is 2.50. The van der Waals surface area contributed by atoms with E-state index in [1.165, 1.54) is 6.07 Å². The minimum atomic E-state index is -1.06. The normalized spacial score (nSPS) is 10.8. The van der Waals surface area contributed by atoms with Gasteiger partial charge in [-0.3, -0.25) is 0 Å². The minimum absolute atomic E-state index is 0.0460. The molecule has 0 saturated heterocycles. The molecule has 0 amide bonds. The maximum absolute atomic E-state index is 10.7. The van der Waals surface area contributed by atoms with Gasteiger partial charge in [0.05, 0.1) is 21.8 Å². The highest BCUT2D eigenvalue weighted by atomic mass is 32.1. The smallest absolute Gasteiger partial charge is 0.371 e. The Bertz CT molecular complexity index is 776. The summed E-state index contributed by atoms with van der Waals surface area (Å²) in [6.45, 7) is 2.42. The van der Waals surface area contributed by atoms with Crippen molar-refractivity contribution in [2.45, 2.75) is 13.5 Å². The fourth-order valence-corrected chi connectivity index (χ4v) is 2.79. The number of rotatable bonds is 4. The number of carboxylic acid groups (broad SMARTS) is 1. The molecule has 0 aliphatic heterocycles. The molecule has 0 bridgehead atoms.